The molecule has 0 radical (unpaired) electrons. The van der Waals surface area contributed by atoms with E-state index in [1.54, 1.807) is 0 Å². The summed E-state index contributed by atoms with van der Waals surface area (Å²) >= 11 is 0. The van der Waals surface area contributed by atoms with E-state index in [-0.39, 0.29) is 0 Å². The maximum Gasteiger partial charge on any atom is 0.206 e. The average Bonchev–Trinajstić information content (AvgIpc) is 2.64. The molecule has 2 atom stereocenters. The Bertz CT molecular complexity index is 216. The van der Waals surface area contributed by atoms with E-state index in [1.165, 1.54) is 19.3 Å². The fourth-order valence-corrected chi connectivity index (χ4v) is 2.24. The molecule has 2 aliphatic heterocycles. The zero-order valence-electron chi connectivity index (χ0n) is 9.08. The fourth-order valence-electron chi connectivity index (χ4n) is 2.24. The lowest BCUT2D eigenvalue weighted by Crippen LogP contribution is -2.56. The first-order valence-corrected chi connectivity index (χ1v) is 5.60. The summed E-state index contributed by atoms with van der Waals surface area (Å²) < 4.78 is 0. The van der Waals surface area contributed by atoms with Crippen molar-refractivity contribution in [3.05, 3.63) is 0 Å². The second kappa shape index (κ2) is 4.17. The van der Waals surface area contributed by atoms with E-state index in [1.807, 2.05) is 0 Å². The molecular formula is C10H20N4. The molecule has 1 fully saturated rings. The Hall–Kier alpha value is -0.770. The molecule has 0 bridgehead atoms. The molecule has 2 heterocycles. The number of piperidine rings is 1. The minimum Gasteiger partial charge on any atom is -0.353 e. The van der Waals surface area contributed by atoms with Crippen molar-refractivity contribution in [3.63, 3.8) is 0 Å². The van der Waals surface area contributed by atoms with E-state index < -0.39 is 0 Å². The lowest BCUT2D eigenvalue weighted by Gasteiger charge is -2.39. The van der Waals surface area contributed by atoms with Crippen molar-refractivity contribution in [1.29, 1.82) is 0 Å². The van der Waals surface area contributed by atoms with E-state index in [0.717, 1.165) is 19.0 Å². The molecule has 2 rings (SSSR count). The van der Waals surface area contributed by atoms with Gasteiger partial charge in [-0.1, -0.05) is 6.42 Å². The second-order valence-electron chi connectivity index (χ2n) is 4.31. The number of aliphatic imine (C=N–C) groups is 1. The molecule has 0 spiro atoms. The Balaban J connectivity index is 1.93. The lowest BCUT2D eigenvalue weighted by atomic mass is 10.00. The van der Waals surface area contributed by atoms with Gasteiger partial charge in [0.15, 0.2) is 0 Å². The zero-order chi connectivity index (χ0) is 9.97. The van der Waals surface area contributed by atoms with Crippen molar-refractivity contribution in [2.24, 2.45) is 4.99 Å². The molecular weight excluding hydrogens is 176 g/mol. The highest BCUT2D eigenvalue weighted by atomic mass is 15.6. The number of nitrogens with zero attached hydrogens (tertiary/aromatic N) is 2. The van der Waals surface area contributed by atoms with Crippen LogP contribution in [0.5, 0.6) is 0 Å². The Morgan fingerprint density at radius 3 is 2.64 bits per heavy atom. The quantitative estimate of drug-likeness (QED) is 0.649. The van der Waals surface area contributed by atoms with Crippen LogP contribution in [0, 0.1) is 0 Å². The smallest absolute Gasteiger partial charge is 0.206 e. The van der Waals surface area contributed by atoms with Gasteiger partial charge >= 0.3 is 0 Å². The molecule has 4 heteroatoms. The number of rotatable bonds is 1. The predicted molar refractivity (Wildman–Crippen MR) is 58.1 cm³/mol. The number of hydrazine groups is 1. The van der Waals surface area contributed by atoms with Gasteiger partial charge in [-0.15, -0.1) is 0 Å². The molecule has 0 amide bonds. The number of hydrogen-bond acceptors (Lipinski definition) is 4. The number of guanidine groups is 1. The van der Waals surface area contributed by atoms with Crippen LogP contribution in [0.4, 0.5) is 0 Å². The first-order chi connectivity index (χ1) is 6.77. The largest absolute Gasteiger partial charge is 0.353 e. The van der Waals surface area contributed by atoms with Crippen molar-refractivity contribution in [2.75, 3.05) is 13.1 Å². The summed E-state index contributed by atoms with van der Waals surface area (Å²) in [5.74, 6) is 0.950. The van der Waals surface area contributed by atoms with E-state index in [9.17, 15) is 0 Å². The van der Waals surface area contributed by atoms with E-state index in [4.69, 9.17) is 0 Å². The van der Waals surface area contributed by atoms with Crippen LogP contribution in [0.25, 0.3) is 0 Å². The summed E-state index contributed by atoms with van der Waals surface area (Å²) in [6.07, 6.45) is 3.91. The number of nitrogens with one attached hydrogen (secondary N) is 2. The Kier molecular flexibility index (Phi) is 2.91. The van der Waals surface area contributed by atoms with Crippen LogP contribution in [-0.4, -0.2) is 36.1 Å². The van der Waals surface area contributed by atoms with Gasteiger partial charge in [0.25, 0.3) is 0 Å². The average molecular weight is 196 g/mol. The lowest BCUT2D eigenvalue weighted by molar-refractivity contribution is 0.0729. The summed E-state index contributed by atoms with van der Waals surface area (Å²) in [6.45, 7) is 6.42. The molecule has 4 nitrogen and oxygen atoms in total. The van der Waals surface area contributed by atoms with Crippen LogP contribution in [0.2, 0.25) is 0 Å². The normalized spacial score (nSPS) is 33.7. The molecule has 80 valence electrons. The summed E-state index contributed by atoms with van der Waals surface area (Å²) in [6, 6.07) is 1.23. The van der Waals surface area contributed by atoms with Gasteiger partial charge in [-0.3, -0.25) is 10.4 Å². The maximum atomic E-state index is 4.35. The van der Waals surface area contributed by atoms with E-state index >= 15 is 0 Å². The summed E-state index contributed by atoms with van der Waals surface area (Å²) in [5, 5.41) is 5.58. The fraction of sp³-hybridized carbons (Fsp3) is 0.900. The molecule has 2 aliphatic rings. The highest BCUT2D eigenvalue weighted by Crippen LogP contribution is 2.20. The molecule has 2 unspecified atom stereocenters. The van der Waals surface area contributed by atoms with Crippen LogP contribution in [0.1, 0.15) is 33.1 Å². The van der Waals surface area contributed by atoms with Crippen molar-refractivity contribution < 1.29 is 0 Å². The van der Waals surface area contributed by atoms with Crippen LogP contribution in [-0.2, 0) is 0 Å². The van der Waals surface area contributed by atoms with Crippen LogP contribution in [0.3, 0.4) is 0 Å². The molecule has 0 saturated carbocycles. The van der Waals surface area contributed by atoms with Gasteiger partial charge in [0.1, 0.15) is 0 Å². The number of hydrogen-bond donors (Lipinski definition) is 2. The third-order valence-electron chi connectivity index (χ3n) is 3.10. The molecule has 2 N–H and O–H groups in total. The maximum absolute atomic E-state index is 4.35. The van der Waals surface area contributed by atoms with Crippen LogP contribution < -0.4 is 10.7 Å². The van der Waals surface area contributed by atoms with Gasteiger partial charge in [-0.25, -0.2) is 5.01 Å². The topological polar surface area (TPSA) is 39.7 Å². The predicted octanol–water partition coefficient (Wildman–Crippen LogP) is 0.713. The van der Waals surface area contributed by atoms with Crippen molar-refractivity contribution in [2.45, 2.75) is 45.2 Å². The molecule has 1 saturated heterocycles. The Morgan fingerprint density at radius 1 is 1.36 bits per heavy atom. The molecule has 0 aliphatic carbocycles. The minimum absolute atomic E-state index is 0.615. The highest BCUT2D eigenvalue weighted by Gasteiger charge is 2.25. The second-order valence-corrected chi connectivity index (χ2v) is 4.31. The molecule has 0 aromatic carbocycles. The van der Waals surface area contributed by atoms with Crippen LogP contribution in [0.15, 0.2) is 4.99 Å². The van der Waals surface area contributed by atoms with E-state index in [2.05, 4.69) is 34.6 Å². The van der Waals surface area contributed by atoms with Gasteiger partial charge in [-0.05, 0) is 26.7 Å². The van der Waals surface area contributed by atoms with Crippen molar-refractivity contribution in [3.8, 4) is 0 Å². The SMILES string of the molecule is CC1CCCC(C)N1NC1=NCCN1. The summed E-state index contributed by atoms with van der Waals surface area (Å²) in [5.41, 5.74) is 3.39. The first kappa shape index (κ1) is 9.77. The highest BCUT2D eigenvalue weighted by molar-refractivity contribution is 5.80. The van der Waals surface area contributed by atoms with Gasteiger partial charge in [0.05, 0.1) is 6.54 Å². The molecule has 14 heavy (non-hydrogen) atoms. The summed E-state index contributed by atoms with van der Waals surface area (Å²) in [7, 11) is 0. The Morgan fingerprint density at radius 2 is 2.07 bits per heavy atom. The van der Waals surface area contributed by atoms with Gasteiger partial charge in [0, 0.05) is 18.6 Å². The van der Waals surface area contributed by atoms with Crippen molar-refractivity contribution >= 4 is 5.96 Å². The zero-order valence-corrected chi connectivity index (χ0v) is 9.08. The third kappa shape index (κ3) is 2.00. The monoisotopic (exact) mass is 196 g/mol. The van der Waals surface area contributed by atoms with Crippen molar-refractivity contribution in [1.82, 2.24) is 15.8 Å². The van der Waals surface area contributed by atoms with Gasteiger partial charge in [-0.2, -0.15) is 0 Å². The Labute approximate surface area is 85.7 Å². The summed E-state index contributed by atoms with van der Waals surface area (Å²) in [4.78, 5) is 4.35. The molecule has 0 aromatic heterocycles. The van der Waals surface area contributed by atoms with Crippen LogP contribution >= 0.6 is 0 Å². The minimum atomic E-state index is 0.615. The van der Waals surface area contributed by atoms with Gasteiger partial charge < -0.3 is 5.32 Å². The van der Waals surface area contributed by atoms with Gasteiger partial charge in [0.2, 0.25) is 5.96 Å². The first-order valence-electron chi connectivity index (χ1n) is 5.60. The standard InChI is InChI=1S/C10H20N4/c1-8-4-3-5-9(2)14(8)13-10-11-6-7-12-10/h8-9H,3-7H2,1-2H3,(H2,11,12,13). The third-order valence-corrected chi connectivity index (χ3v) is 3.10. The van der Waals surface area contributed by atoms with E-state index in [0.29, 0.717) is 12.1 Å². The molecule has 0 aromatic rings.